The summed E-state index contributed by atoms with van der Waals surface area (Å²) < 4.78 is 0. The molecule has 0 aromatic heterocycles. The standard InChI is InChI=1S/C6H10Cl4/c7-5(8)3-1-2-4-6(9)10/h5-6H,1-4H2. The first-order valence-corrected chi connectivity index (χ1v) is 4.94. The van der Waals surface area contributed by atoms with E-state index in [-0.39, 0.29) is 9.67 Å². The fourth-order valence-corrected chi connectivity index (χ4v) is 1.21. The molecule has 0 aliphatic rings. The maximum atomic E-state index is 5.49. The second-order valence-corrected chi connectivity index (χ2v) is 4.62. The van der Waals surface area contributed by atoms with Crippen molar-refractivity contribution in [3.05, 3.63) is 0 Å². The van der Waals surface area contributed by atoms with E-state index < -0.39 is 0 Å². The van der Waals surface area contributed by atoms with Crippen molar-refractivity contribution >= 4 is 46.4 Å². The van der Waals surface area contributed by atoms with Crippen molar-refractivity contribution in [2.24, 2.45) is 0 Å². The SMILES string of the molecule is ClC(Cl)CCCCC(Cl)Cl. The Morgan fingerprint density at radius 3 is 1.20 bits per heavy atom. The zero-order chi connectivity index (χ0) is 7.98. The molecule has 0 spiro atoms. The van der Waals surface area contributed by atoms with Gasteiger partial charge in [0.05, 0.1) is 0 Å². The summed E-state index contributed by atoms with van der Waals surface area (Å²) in [7, 11) is 0. The summed E-state index contributed by atoms with van der Waals surface area (Å²) in [4.78, 5) is -0.492. The number of rotatable bonds is 5. The van der Waals surface area contributed by atoms with Gasteiger partial charge in [-0.2, -0.15) is 0 Å². The lowest BCUT2D eigenvalue weighted by molar-refractivity contribution is 0.683. The summed E-state index contributed by atoms with van der Waals surface area (Å²) in [5.41, 5.74) is 0. The van der Waals surface area contributed by atoms with Crippen LogP contribution in [0.5, 0.6) is 0 Å². The molecule has 10 heavy (non-hydrogen) atoms. The lowest BCUT2D eigenvalue weighted by atomic mass is 10.2. The molecule has 0 saturated carbocycles. The molecule has 0 radical (unpaired) electrons. The number of unbranched alkanes of at least 4 members (excludes halogenated alkanes) is 1. The Bertz CT molecular complexity index is 62.1. The third kappa shape index (κ3) is 9.16. The van der Waals surface area contributed by atoms with Gasteiger partial charge in [0.25, 0.3) is 0 Å². The summed E-state index contributed by atoms with van der Waals surface area (Å²) in [6.45, 7) is 0. The Labute approximate surface area is 81.8 Å². The van der Waals surface area contributed by atoms with Crippen LogP contribution in [0.3, 0.4) is 0 Å². The van der Waals surface area contributed by atoms with E-state index >= 15 is 0 Å². The third-order valence-electron chi connectivity index (χ3n) is 1.09. The summed E-state index contributed by atoms with van der Waals surface area (Å²) in [6.07, 6.45) is 3.63. The van der Waals surface area contributed by atoms with Gasteiger partial charge < -0.3 is 0 Å². The minimum Gasteiger partial charge on any atom is -0.105 e. The second kappa shape index (κ2) is 6.84. The molecule has 0 saturated heterocycles. The second-order valence-electron chi connectivity index (χ2n) is 2.07. The van der Waals surface area contributed by atoms with Crippen LogP contribution in [0.2, 0.25) is 0 Å². The molecule has 0 rings (SSSR count). The van der Waals surface area contributed by atoms with Crippen LogP contribution in [0.4, 0.5) is 0 Å². The average molecular weight is 224 g/mol. The Hall–Kier alpha value is 1.16. The van der Waals surface area contributed by atoms with Crippen molar-refractivity contribution in [3.8, 4) is 0 Å². The Balaban J connectivity index is 2.91. The molecule has 0 aliphatic heterocycles. The Kier molecular flexibility index (Phi) is 7.64. The molecule has 0 fully saturated rings. The largest absolute Gasteiger partial charge is 0.107 e. The lowest BCUT2D eigenvalue weighted by Gasteiger charge is -2.01. The van der Waals surface area contributed by atoms with Crippen LogP contribution in [0, 0.1) is 0 Å². The first kappa shape index (κ1) is 11.2. The molecule has 0 bridgehead atoms. The zero-order valence-electron chi connectivity index (χ0n) is 5.49. The van der Waals surface area contributed by atoms with Gasteiger partial charge in [0.2, 0.25) is 0 Å². The predicted octanol–water partition coefficient (Wildman–Crippen LogP) is 4.15. The van der Waals surface area contributed by atoms with E-state index in [1.54, 1.807) is 0 Å². The van der Waals surface area contributed by atoms with Crippen molar-refractivity contribution in [3.63, 3.8) is 0 Å². The summed E-state index contributed by atoms with van der Waals surface area (Å²) in [5, 5.41) is 0. The van der Waals surface area contributed by atoms with E-state index in [0.717, 1.165) is 25.7 Å². The first-order valence-electron chi connectivity index (χ1n) is 3.19. The molecule has 4 heteroatoms. The van der Waals surface area contributed by atoms with Gasteiger partial charge in [-0.1, -0.05) is 12.8 Å². The number of hydrogen-bond donors (Lipinski definition) is 0. The number of hydrogen-bond acceptors (Lipinski definition) is 0. The van der Waals surface area contributed by atoms with Crippen molar-refractivity contribution < 1.29 is 0 Å². The maximum absolute atomic E-state index is 5.49. The van der Waals surface area contributed by atoms with Crippen LogP contribution >= 0.6 is 46.4 Å². The monoisotopic (exact) mass is 222 g/mol. The first-order chi connectivity index (χ1) is 4.63. The molecule has 0 aliphatic carbocycles. The van der Waals surface area contributed by atoms with Gasteiger partial charge in [0.1, 0.15) is 9.67 Å². The summed E-state index contributed by atoms with van der Waals surface area (Å²) >= 11 is 22.0. The Morgan fingerprint density at radius 1 is 0.700 bits per heavy atom. The minimum absolute atomic E-state index is 0.246. The van der Waals surface area contributed by atoms with Gasteiger partial charge in [0.15, 0.2) is 0 Å². The fraction of sp³-hybridized carbons (Fsp3) is 1.00. The van der Waals surface area contributed by atoms with Crippen LogP contribution in [0.15, 0.2) is 0 Å². The van der Waals surface area contributed by atoms with E-state index in [0.29, 0.717) is 0 Å². The third-order valence-corrected chi connectivity index (χ3v) is 1.97. The fourth-order valence-electron chi connectivity index (χ4n) is 0.597. The van der Waals surface area contributed by atoms with Crippen molar-refractivity contribution in [2.75, 3.05) is 0 Å². The van der Waals surface area contributed by atoms with Crippen LogP contribution < -0.4 is 0 Å². The van der Waals surface area contributed by atoms with Gasteiger partial charge in [0, 0.05) is 0 Å². The van der Waals surface area contributed by atoms with Crippen molar-refractivity contribution in [2.45, 2.75) is 35.4 Å². The molecular formula is C6H10Cl4. The van der Waals surface area contributed by atoms with Gasteiger partial charge in [-0.05, 0) is 12.8 Å². The molecule has 0 heterocycles. The molecule has 62 valence electrons. The highest BCUT2D eigenvalue weighted by molar-refractivity contribution is 6.44. The summed E-state index contributed by atoms with van der Waals surface area (Å²) in [6, 6.07) is 0. The van der Waals surface area contributed by atoms with Crippen LogP contribution in [-0.2, 0) is 0 Å². The van der Waals surface area contributed by atoms with Crippen molar-refractivity contribution in [1.82, 2.24) is 0 Å². The highest BCUT2D eigenvalue weighted by Crippen LogP contribution is 2.16. The highest BCUT2D eigenvalue weighted by atomic mass is 35.5. The van der Waals surface area contributed by atoms with E-state index in [1.165, 1.54) is 0 Å². The topological polar surface area (TPSA) is 0 Å². The van der Waals surface area contributed by atoms with Gasteiger partial charge in [-0.15, -0.1) is 46.4 Å². The van der Waals surface area contributed by atoms with Crippen LogP contribution in [-0.4, -0.2) is 9.67 Å². The van der Waals surface area contributed by atoms with E-state index in [4.69, 9.17) is 46.4 Å². The molecule has 0 amide bonds. The maximum Gasteiger partial charge on any atom is 0.107 e. The average Bonchev–Trinajstić information content (AvgIpc) is 1.79. The molecule has 0 aromatic carbocycles. The molecule has 0 aromatic rings. The summed E-state index contributed by atoms with van der Waals surface area (Å²) in [5.74, 6) is 0. The molecule has 0 N–H and O–H groups in total. The van der Waals surface area contributed by atoms with E-state index in [9.17, 15) is 0 Å². The smallest absolute Gasteiger partial charge is 0.105 e. The normalized spacial score (nSPS) is 11.4. The Morgan fingerprint density at radius 2 is 1.00 bits per heavy atom. The van der Waals surface area contributed by atoms with Gasteiger partial charge in [-0.3, -0.25) is 0 Å². The molecule has 0 nitrogen and oxygen atoms in total. The molecule has 0 atom stereocenters. The van der Waals surface area contributed by atoms with Crippen LogP contribution in [0.1, 0.15) is 25.7 Å². The van der Waals surface area contributed by atoms with E-state index in [2.05, 4.69) is 0 Å². The lowest BCUT2D eigenvalue weighted by Crippen LogP contribution is -1.90. The van der Waals surface area contributed by atoms with Crippen molar-refractivity contribution in [1.29, 1.82) is 0 Å². The molecular weight excluding hydrogens is 214 g/mol. The number of halogens is 4. The van der Waals surface area contributed by atoms with E-state index in [1.807, 2.05) is 0 Å². The highest BCUT2D eigenvalue weighted by Gasteiger charge is 2.00. The number of alkyl halides is 4. The minimum atomic E-state index is -0.246. The van der Waals surface area contributed by atoms with Gasteiger partial charge >= 0.3 is 0 Å². The van der Waals surface area contributed by atoms with Crippen LogP contribution in [0.25, 0.3) is 0 Å². The molecule has 0 unspecified atom stereocenters. The van der Waals surface area contributed by atoms with Gasteiger partial charge in [-0.25, -0.2) is 0 Å². The zero-order valence-corrected chi connectivity index (χ0v) is 8.52. The quantitative estimate of drug-likeness (QED) is 0.485. The predicted molar refractivity (Wildman–Crippen MR) is 49.5 cm³/mol.